The van der Waals surface area contributed by atoms with Crippen LogP contribution >= 0.6 is 11.6 Å². The van der Waals surface area contributed by atoms with Crippen molar-refractivity contribution in [1.82, 2.24) is 15.5 Å². The third-order valence-electron chi connectivity index (χ3n) is 17.9. The number of amides is 5. The van der Waals surface area contributed by atoms with Crippen molar-refractivity contribution in [2.24, 2.45) is 29.4 Å². The number of fused-ring (bicyclic) bond motifs is 5. The van der Waals surface area contributed by atoms with Gasteiger partial charge in [0.25, 0.3) is 5.91 Å². The fraction of sp³-hybridized carbons (Fsp3) is 0.627. The van der Waals surface area contributed by atoms with Crippen molar-refractivity contribution in [3.63, 3.8) is 0 Å². The quantitative estimate of drug-likeness (QED) is 0.0336. The number of nitrogens with one attached hydrogen (secondary N) is 2. The molecule has 21 nitrogen and oxygen atoms in total. The Balaban J connectivity index is 1.33. The highest BCUT2D eigenvalue weighted by molar-refractivity contribution is 6.35. The van der Waals surface area contributed by atoms with E-state index in [4.69, 9.17) is 45.8 Å². The molecule has 4 bridgehead atoms. The molecule has 89 heavy (non-hydrogen) atoms. The monoisotopic (exact) mass is 1260 g/mol. The number of hydrogen-bond acceptors (Lipinski definition) is 16. The van der Waals surface area contributed by atoms with Crippen molar-refractivity contribution in [1.29, 1.82) is 0 Å². The number of nitrogens with two attached hydrogens (primary N) is 1. The molecule has 2 aromatic carbocycles. The highest BCUT2D eigenvalue weighted by Crippen LogP contribution is 2.50. The number of primary amides is 1. The Labute approximate surface area is 529 Å². The van der Waals surface area contributed by atoms with Crippen molar-refractivity contribution in [3.8, 4) is 11.5 Å². The van der Waals surface area contributed by atoms with E-state index in [1.807, 2.05) is 40.7 Å². The molecule has 0 unspecified atom stereocenters. The van der Waals surface area contributed by atoms with Crippen LogP contribution in [0.25, 0.3) is 0 Å². The summed E-state index contributed by atoms with van der Waals surface area (Å²) in [5, 5.41) is 17.6. The van der Waals surface area contributed by atoms with Crippen LogP contribution in [0.5, 0.6) is 11.5 Å². The van der Waals surface area contributed by atoms with Crippen LogP contribution in [0, 0.1) is 23.7 Å². The molecule has 5 rings (SSSR count). The van der Waals surface area contributed by atoms with E-state index in [9.17, 15) is 48.3 Å². The number of likely N-dealkylation sites (N-methyl/N-ethyl adjacent to an activating group) is 1. The number of ketones is 3. The van der Waals surface area contributed by atoms with Gasteiger partial charge in [0.15, 0.2) is 5.78 Å². The Morgan fingerprint density at radius 2 is 1.61 bits per heavy atom. The van der Waals surface area contributed by atoms with Crippen molar-refractivity contribution < 1.29 is 76.7 Å². The Morgan fingerprint density at radius 3 is 2.24 bits per heavy atom. The van der Waals surface area contributed by atoms with E-state index in [1.165, 1.54) is 59.4 Å². The van der Waals surface area contributed by atoms with Gasteiger partial charge in [0, 0.05) is 77.6 Å². The first-order chi connectivity index (χ1) is 42.1. The number of allylic oxidation sites excluding steroid dienone is 3. The molecule has 10 atom stereocenters. The van der Waals surface area contributed by atoms with Crippen LogP contribution in [-0.4, -0.2) is 153 Å². The maximum atomic E-state index is 14.6. The van der Waals surface area contributed by atoms with Gasteiger partial charge in [-0.25, -0.2) is 9.59 Å². The van der Waals surface area contributed by atoms with Gasteiger partial charge in [0.2, 0.25) is 11.8 Å². The van der Waals surface area contributed by atoms with Crippen molar-refractivity contribution in [2.75, 3.05) is 46.9 Å². The van der Waals surface area contributed by atoms with E-state index >= 15 is 0 Å². The fourth-order valence-electron chi connectivity index (χ4n) is 12.0. The van der Waals surface area contributed by atoms with E-state index in [-0.39, 0.29) is 90.6 Å². The van der Waals surface area contributed by atoms with Crippen LogP contribution in [0.15, 0.2) is 54.1 Å². The van der Waals surface area contributed by atoms with Gasteiger partial charge in [-0.05, 0) is 107 Å². The minimum atomic E-state index is -1.67. The summed E-state index contributed by atoms with van der Waals surface area (Å²) in [6.45, 7) is 14.7. The Bertz CT molecular complexity index is 2930. The lowest BCUT2D eigenvalue weighted by Gasteiger charge is -2.41. The average molecular weight is 1260 g/mol. The first-order valence-electron chi connectivity index (χ1n) is 31.2. The van der Waals surface area contributed by atoms with Gasteiger partial charge >= 0.3 is 18.0 Å². The summed E-state index contributed by atoms with van der Waals surface area (Å²) in [4.78, 5) is 125. The lowest BCUT2D eigenvalue weighted by Crippen LogP contribution is -2.53. The number of carbonyl (C=O) groups is 9. The third kappa shape index (κ3) is 19.7. The smallest absolute Gasteiger partial charge is 0.328 e. The standard InChI is InChI=1S/C67H96ClN5O16/c1-14-45(15-2)51(75)25-19-17-16-18-23-46(74)35-48(39(3)4)62(79)71-49(24-21-29-70-65(69)82)52(76)32-43-27-28-47(53(33-43)84-11)63(80)72(9)42(7)64(81)88-57-36-58(77)73(10)50-31-44(34-54(85-12)60(50)68)30-40(5)22-20-26-56(86-13)67(83)37-55(87-59(78)38-67)41(6)61-66(57,8)89-61/h20,22,26-28,31,33-34,39,41-42,45,48-49,55-57,61,83H,14-19,21,23-25,29-30,32,35-38H2,1-13H3,(H,71,79)(H3,69,70,82)/b26-20+,40-22+/t41-,42+,48+,49+,55+,56-,57+,61+,66+,67-/m1/s1. The van der Waals surface area contributed by atoms with Crippen LogP contribution in [0.2, 0.25) is 5.02 Å². The number of rotatable bonds is 29. The number of hydrogen-bond donors (Lipinski definition) is 4. The number of carbonyl (C=O) groups excluding carboxylic acids is 9. The van der Waals surface area contributed by atoms with Gasteiger partial charge in [-0.1, -0.05) is 88.9 Å². The molecule has 492 valence electrons. The van der Waals surface area contributed by atoms with Gasteiger partial charge in [-0.3, -0.25) is 33.6 Å². The van der Waals surface area contributed by atoms with Crippen LogP contribution in [0.1, 0.15) is 167 Å². The molecule has 2 fully saturated rings. The number of nitrogens with zero attached hydrogens (tertiary/aromatic N) is 2. The molecule has 2 aromatic rings. The molecule has 3 aliphatic rings. The molecular formula is C67H96ClN5O16. The molecule has 0 spiro atoms. The molecular weight excluding hydrogens is 1170 g/mol. The van der Waals surface area contributed by atoms with Gasteiger partial charge in [0.1, 0.15) is 63.6 Å². The molecule has 0 aromatic heterocycles. The molecule has 0 saturated carbocycles. The van der Waals surface area contributed by atoms with Gasteiger partial charge in [-0.2, -0.15) is 0 Å². The molecule has 3 heterocycles. The van der Waals surface area contributed by atoms with Crippen LogP contribution in [-0.2, 0) is 65.4 Å². The number of aliphatic hydroxyl groups is 1. The normalized spacial score (nSPS) is 24.0. The number of epoxide rings is 1. The Kier molecular flexibility index (Phi) is 27.4. The summed E-state index contributed by atoms with van der Waals surface area (Å²) in [5.74, 6) is -4.40. The van der Waals surface area contributed by atoms with Gasteiger partial charge < -0.3 is 59.7 Å². The van der Waals surface area contributed by atoms with Gasteiger partial charge in [0.05, 0.1) is 50.5 Å². The third-order valence-corrected chi connectivity index (χ3v) is 18.3. The SMILES string of the molecule is CCC(CC)C(=O)CCCCCCC(=O)C[C@H](C(=O)N[C@@H](CCCNC(N)=O)C(=O)Cc1ccc(C(=O)N(C)[C@@H](C)C(=O)O[C@H]2CC(=O)N(C)c3cc(cc(OC)c3Cl)C/C(C)=C/C=C/[C@@H](OC)[C@]3(O)CC(=O)O[C@@H](C3)[C@@H](C)[C@@H]3O[C@@]23C)c(OC)c1)C(C)C. The van der Waals surface area contributed by atoms with E-state index in [0.717, 1.165) is 48.1 Å². The summed E-state index contributed by atoms with van der Waals surface area (Å²) in [5.41, 5.74) is 4.73. The number of methoxy groups -OCH3 is 3. The summed E-state index contributed by atoms with van der Waals surface area (Å²) in [6, 6.07) is 5.02. The van der Waals surface area contributed by atoms with Gasteiger partial charge in [-0.15, -0.1) is 0 Å². The number of urea groups is 1. The number of halogens is 1. The summed E-state index contributed by atoms with van der Waals surface area (Å²) in [6.07, 6.45) is 6.81. The molecule has 22 heteroatoms. The zero-order chi connectivity index (χ0) is 66.1. The lowest BCUT2D eigenvalue weighted by molar-refractivity contribution is -0.187. The second-order valence-electron chi connectivity index (χ2n) is 24.8. The van der Waals surface area contributed by atoms with E-state index in [2.05, 4.69) is 10.6 Å². The molecule has 5 N–H and O–H groups in total. The highest BCUT2D eigenvalue weighted by atomic mass is 35.5. The van der Waals surface area contributed by atoms with Crippen molar-refractivity contribution in [2.45, 2.75) is 206 Å². The molecule has 0 aliphatic carbocycles. The zero-order valence-electron chi connectivity index (χ0n) is 54.3. The number of unbranched alkanes of at least 4 members (excludes halogenated alkanes) is 3. The maximum Gasteiger partial charge on any atom is 0.328 e. The second-order valence-corrected chi connectivity index (χ2v) is 25.2. The number of anilines is 1. The fourth-order valence-corrected chi connectivity index (χ4v) is 12.3. The largest absolute Gasteiger partial charge is 0.496 e. The zero-order valence-corrected chi connectivity index (χ0v) is 55.1. The summed E-state index contributed by atoms with van der Waals surface area (Å²) in [7, 11) is 7.19. The number of esters is 2. The number of ether oxygens (including phenoxy) is 6. The molecule has 3 aliphatic heterocycles. The summed E-state index contributed by atoms with van der Waals surface area (Å²) >= 11 is 6.88. The number of Topliss-reactive ketones (excluding diaryl/α,β-unsaturated/α-hetero) is 3. The summed E-state index contributed by atoms with van der Waals surface area (Å²) < 4.78 is 35.6. The minimum Gasteiger partial charge on any atom is -0.496 e. The Hall–Kier alpha value is -6.68. The minimum absolute atomic E-state index is 0.00893. The molecule has 2 saturated heterocycles. The van der Waals surface area contributed by atoms with Crippen LogP contribution in [0.3, 0.4) is 0 Å². The predicted molar refractivity (Wildman–Crippen MR) is 337 cm³/mol. The Morgan fingerprint density at radius 1 is 0.933 bits per heavy atom. The topological polar surface area (TPSA) is 289 Å². The van der Waals surface area contributed by atoms with E-state index in [1.54, 1.807) is 44.2 Å². The highest BCUT2D eigenvalue weighted by Gasteiger charge is 2.64. The van der Waals surface area contributed by atoms with E-state index < -0.39 is 102 Å². The maximum absolute atomic E-state index is 14.6. The first kappa shape index (κ1) is 73.1. The van der Waals surface area contributed by atoms with Crippen LogP contribution < -0.4 is 30.7 Å². The predicted octanol–water partition coefficient (Wildman–Crippen LogP) is 8.71. The molecule has 5 amide bonds. The first-order valence-corrected chi connectivity index (χ1v) is 31.6. The second kappa shape index (κ2) is 33.4. The van der Waals surface area contributed by atoms with Crippen molar-refractivity contribution >= 4 is 70.3 Å². The lowest BCUT2D eigenvalue weighted by atomic mass is 9.78. The van der Waals surface area contributed by atoms with Crippen LogP contribution in [0.4, 0.5) is 10.5 Å². The van der Waals surface area contributed by atoms with Crippen molar-refractivity contribution in [3.05, 3.63) is 75.8 Å². The molecule has 0 radical (unpaired) electrons. The number of benzene rings is 2. The van der Waals surface area contributed by atoms with E-state index in [0.29, 0.717) is 42.7 Å². The average Bonchev–Trinajstić information content (AvgIpc) is 1.78.